The summed E-state index contributed by atoms with van der Waals surface area (Å²) >= 11 is 6.04. The Labute approximate surface area is 146 Å². The van der Waals surface area contributed by atoms with E-state index in [0.717, 1.165) is 31.2 Å². The minimum absolute atomic E-state index is 0.0996. The summed E-state index contributed by atoms with van der Waals surface area (Å²) in [5.41, 5.74) is 1.55. The quantitative estimate of drug-likeness (QED) is 0.850. The summed E-state index contributed by atoms with van der Waals surface area (Å²) in [4.78, 5) is 38.1. The lowest BCUT2D eigenvalue weighted by molar-refractivity contribution is -0.140. The first-order valence-electron chi connectivity index (χ1n) is 8.38. The van der Waals surface area contributed by atoms with E-state index in [1.165, 1.54) is 4.90 Å². The summed E-state index contributed by atoms with van der Waals surface area (Å²) in [7, 11) is 0. The fourth-order valence-electron chi connectivity index (χ4n) is 3.56. The van der Waals surface area contributed by atoms with Gasteiger partial charge in [0.15, 0.2) is 0 Å². The van der Waals surface area contributed by atoms with Gasteiger partial charge >= 0.3 is 0 Å². The van der Waals surface area contributed by atoms with Gasteiger partial charge in [-0.1, -0.05) is 30.5 Å². The number of amides is 3. The fraction of sp³-hybridized carbons (Fsp3) is 0.500. The smallest absolute Gasteiger partial charge is 0.233 e. The first kappa shape index (κ1) is 17.0. The zero-order valence-electron chi connectivity index (χ0n) is 13.7. The first-order valence-corrected chi connectivity index (χ1v) is 8.76. The van der Waals surface area contributed by atoms with Crippen molar-refractivity contribution in [2.24, 2.45) is 11.8 Å². The highest BCUT2D eigenvalue weighted by atomic mass is 35.5. The van der Waals surface area contributed by atoms with Gasteiger partial charge in [0, 0.05) is 23.7 Å². The molecule has 1 heterocycles. The molecule has 6 heteroatoms. The molecule has 1 aromatic rings. The Morgan fingerprint density at radius 2 is 1.83 bits per heavy atom. The molecule has 2 atom stereocenters. The van der Waals surface area contributed by atoms with E-state index in [2.05, 4.69) is 5.32 Å². The van der Waals surface area contributed by atoms with E-state index >= 15 is 0 Å². The van der Waals surface area contributed by atoms with E-state index in [0.29, 0.717) is 10.7 Å². The zero-order valence-corrected chi connectivity index (χ0v) is 14.4. The van der Waals surface area contributed by atoms with Crippen LogP contribution in [0.2, 0.25) is 5.02 Å². The number of halogens is 1. The van der Waals surface area contributed by atoms with Gasteiger partial charge in [0.25, 0.3) is 0 Å². The van der Waals surface area contributed by atoms with Gasteiger partial charge in [-0.05, 0) is 37.5 Å². The van der Waals surface area contributed by atoms with Crippen molar-refractivity contribution in [2.75, 3.05) is 11.9 Å². The van der Waals surface area contributed by atoms with E-state index in [4.69, 9.17) is 11.6 Å². The number of likely N-dealkylation sites (tertiary alicyclic amines) is 1. The maximum Gasteiger partial charge on any atom is 0.233 e. The van der Waals surface area contributed by atoms with Crippen molar-refractivity contribution in [2.45, 2.75) is 39.0 Å². The van der Waals surface area contributed by atoms with Crippen LogP contribution < -0.4 is 5.32 Å². The third kappa shape index (κ3) is 3.31. The second-order valence-electron chi connectivity index (χ2n) is 6.59. The first-order chi connectivity index (χ1) is 11.5. The van der Waals surface area contributed by atoms with Crippen LogP contribution >= 0.6 is 11.6 Å². The van der Waals surface area contributed by atoms with Gasteiger partial charge in [-0.25, -0.2) is 0 Å². The summed E-state index contributed by atoms with van der Waals surface area (Å²) in [6.07, 6.45) is 3.69. The van der Waals surface area contributed by atoms with Crippen molar-refractivity contribution in [1.29, 1.82) is 0 Å². The number of anilines is 1. The second-order valence-corrected chi connectivity index (χ2v) is 6.99. The number of nitrogens with one attached hydrogen (secondary N) is 1. The number of hydrogen-bond donors (Lipinski definition) is 1. The van der Waals surface area contributed by atoms with Gasteiger partial charge in [0.1, 0.15) is 0 Å². The summed E-state index contributed by atoms with van der Waals surface area (Å²) in [6.45, 7) is 2.04. The SMILES string of the molecule is Cc1ccc(NC(=O)CCN2C(=O)C3CCCCC3C2=O)cc1Cl. The van der Waals surface area contributed by atoms with Crippen molar-refractivity contribution in [3.63, 3.8) is 0 Å². The van der Waals surface area contributed by atoms with Crippen molar-refractivity contribution < 1.29 is 14.4 Å². The lowest BCUT2D eigenvalue weighted by Crippen LogP contribution is -2.34. The maximum atomic E-state index is 12.4. The molecule has 3 amide bonds. The highest BCUT2D eigenvalue weighted by Gasteiger charge is 2.47. The van der Waals surface area contributed by atoms with E-state index < -0.39 is 0 Å². The molecule has 5 nitrogen and oxygen atoms in total. The van der Waals surface area contributed by atoms with Crippen molar-refractivity contribution in [3.8, 4) is 0 Å². The molecule has 2 aliphatic rings. The molecule has 1 aromatic carbocycles. The third-order valence-corrected chi connectivity index (χ3v) is 5.36. The Kier molecular flexibility index (Phi) is 4.90. The van der Waals surface area contributed by atoms with Crippen LogP contribution in [0.3, 0.4) is 0 Å². The van der Waals surface area contributed by atoms with E-state index in [9.17, 15) is 14.4 Å². The van der Waals surface area contributed by atoms with Crippen molar-refractivity contribution in [1.82, 2.24) is 4.90 Å². The number of benzene rings is 1. The number of aryl methyl sites for hydroxylation is 1. The fourth-order valence-corrected chi connectivity index (χ4v) is 3.74. The molecule has 3 rings (SSSR count). The van der Waals surface area contributed by atoms with Gasteiger partial charge in [-0.2, -0.15) is 0 Å². The van der Waals surface area contributed by atoms with Gasteiger partial charge < -0.3 is 5.32 Å². The molecule has 0 spiro atoms. The van der Waals surface area contributed by atoms with Crippen LogP contribution in [0.25, 0.3) is 0 Å². The van der Waals surface area contributed by atoms with E-state index in [-0.39, 0.29) is 42.5 Å². The Balaban J connectivity index is 1.57. The zero-order chi connectivity index (χ0) is 17.3. The molecule has 128 valence electrons. The predicted octanol–water partition coefficient (Wildman–Crippen LogP) is 3.15. The number of carbonyl (C=O) groups is 3. The molecule has 2 unspecified atom stereocenters. The Bertz CT molecular complexity index is 665. The van der Waals surface area contributed by atoms with Crippen LogP contribution in [0.15, 0.2) is 18.2 Å². The maximum absolute atomic E-state index is 12.4. The summed E-state index contributed by atoms with van der Waals surface area (Å²) in [6, 6.07) is 5.30. The number of hydrogen-bond acceptors (Lipinski definition) is 3. The average Bonchev–Trinajstić information content (AvgIpc) is 2.81. The van der Waals surface area contributed by atoms with E-state index in [1.807, 2.05) is 13.0 Å². The molecule has 1 saturated heterocycles. The molecule has 2 fully saturated rings. The molecule has 1 saturated carbocycles. The highest BCUT2D eigenvalue weighted by Crippen LogP contribution is 2.37. The minimum Gasteiger partial charge on any atom is -0.326 e. The van der Waals surface area contributed by atoms with Crippen LogP contribution in [0, 0.1) is 18.8 Å². The topological polar surface area (TPSA) is 66.5 Å². The Hall–Kier alpha value is -1.88. The van der Waals surface area contributed by atoms with Gasteiger partial charge in [0.05, 0.1) is 11.8 Å². The number of rotatable bonds is 4. The Morgan fingerprint density at radius 3 is 2.42 bits per heavy atom. The summed E-state index contributed by atoms with van der Waals surface area (Å²) in [5, 5.41) is 3.34. The second kappa shape index (κ2) is 6.93. The summed E-state index contributed by atoms with van der Waals surface area (Å²) < 4.78 is 0. The monoisotopic (exact) mass is 348 g/mol. The van der Waals surface area contributed by atoms with Crippen LogP contribution in [-0.2, 0) is 14.4 Å². The number of fused-ring (bicyclic) bond motifs is 1. The van der Waals surface area contributed by atoms with Crippen LogP contribution in [-0.4, -0.2) is 29.2 Å². The molecule has 0 bridgehead atoms. The molecule has 1 N–H and O–H groups in total. The number of carbonyl (C=O) groups excluding carboxylic acids is 3. The predicted molar refractivity (Wildman–Crippen MR) is 91.6 cm³/mol. The standard InChI is InChI=1S/C18H21ClN2O3/c1-11-6-7-12(10-15(11)19)20-16(22)8-9-21-17(23)13-4-2-3-5-14(13)18(21)24/h6-7,10,13-14H,2-5,8-9H2,1H3,(H,20,22). The molecule has 0 aromatic heterocycles. The molecule has 0 radical (unpaired) electrons. The minimum atomic E-state index is -0.231. The molecule has 1 aliphatic heterocycles. The molecule has 24 heavy (non-hydrogen) atoms. The normalized spacial score (nSPS) is 23.3. The molecular weight excluding hydrogens is 328 g/mol. The van der Waals surface area contributed by atoms with Gasteiger partial charge in [-0.3, -0.25) is 19.3 Å². The van der Waals surface area contributed by atoms with E-state index in [1.54, 1.807) is 12.1 Å². The van der Waals surface area contributed by atoms with Crippen molar-refractivity contribution in [3.05, 3.63) is 28.8 Å². The number of nitrogens with zero attached hydrogens (tertiary/aromatic N) is 1. The van der Waals surface area contributed by atoms with Gasteiger partial charge in [0.2, 0.25) is 17.7 Å². The van der Waals surface area contributed by atoms with Gasteiger partial charge in [-0.15, -0.1) is 0 Å². The number of imide groups is 1. The lowest BCUT2D eigenvalue weighted by Gasteiger charge is -2.19. The molecule has 1 aliphatic carbocycles. The van der Waals surface area contributed by atoms with Crippen LogP contribution in [0.1, 0.15) is 37.7 Å². The lowest BCUT2D eigenvalue weighted by atomic mass is 9.81. The highest BCUT2D eigenvalue weighted by molar-refractivity contribution is 6.31. The molecular formula is C18H21ClN2O3. The Morgan fingerprint density at radius 1 is 1.21 bits per heavy atom. The average molecular weight is 349 g/mol. The van der Waals surface area contributed by atoms with Crippen molar-refractivity contribution >= 4 is 35.0 Å². The van der Waals surface area contributed by atoms with Crippen LogP contribution in [0.5, 0.6) is 0 Å². The third-order valence-electron chi connectivity index (χ3n) is 4.95. The van der Waals surface area contributed by atoms with Crippen LogP contribution in [0.4, 0.5) is 5.69 Å². The summed E-state index contributed by atoms with van der Waals surface area (Å²) in [5.74, 6) is -0.757. The largest absolute Gasteiger partial charge is 0.326 e.